The molecule has 2 amide bonds. The minimum absolute atomic E-state index is 0.0406. The number of nitrogens with one attached hydrogen (secondary N) is 2. The number of rotatable bonds is 6. The maximum absolute atomic E-state index is 14.5. The summed E-state index contributed by atoms with van der Waals surface area (Å²) >= 11 is 31.0. The van der Waals surface area contributed by atoms with Gasteiger partial charge in [0.25, 0.3) is 5.91 Å². The third-order valence-corrected chi connectivity index (χ3v) is 7.34. The van der Waals surface area contributed by atoms with Crippen LogP contribution >= 0.6 is 58.0 Å². The van der Waals surface area contributed by atoms with Gasteiger partial charge in [0.1, 0.15) is 10.2 Å². The Labute approximate surface area is 230 Å². The summed E-state index contributed by atoms with van der Waals surface area (Å²) in [7, 11) is 0. The molecule has 0 aliphatic heterocycles. The van der Waals surface area contributed by atoms with Crippen LogP contribution in [-0.2, 0) is 4.79 Å². The highest BCUT2D eigenvalue weighted by molar-refractivity contribution is 6.53. The van der Waals surface area contributed by atoms with Gasteiger partial charge in [-0.3, -0.25) is 9.59 Å². The Hall–Kier alpha value is -2.35. The molecule has 0 unspecified atom stereocenters. The summed E-state index contributed by atoms with van der Waals surface area (Å²) in [6, 6.07) is 11.0. The van der Waals surface area contributed by atoms with Gasteiger partial charge >= 0.3 is 0 Å². The number of carbonyl (C=O) groups is 2. The van der Waals surface area contributed by atoms with E-state index in [9.17, 15) is 18.4 Å². The van der Waals surface area contributed by atoms with Gasteiger partial charge in [-0.1, -0.05) is 47.5 Å². The Morgan fingerprint density at radius 2 is 1.61 bits per heavy atom. The molecule has 0 spiro atoms. The highest BCUT2D eigenvalue weighted by atomic mass is 35.5. The van der Waals surface area contributed by atoms with E-state index in [1.807, 2.05) is 0 Å². The SMILES string of the molecule is C=Cc1c(F)ccc(NC(=O)c2cc(NC(=O)[C@H]3[C@H](c4cc(Cl)cc(Cl)c4)C3(Cl)Cl)ccc2Cl)c1F. The first-order chi connectivity index (χ1) is 16.9. The second-order valence-corrected chi connectivity index (χ2v) is 10.7. The van der Waals surface area contributed by atoms with Gasteiger partial charge in [0, 0.05) is 27.2 Å². The van der Waals surface area contributed by atoms with E-state index in [0.717, 1.165) is 18.2 Å². The summed E-state index contributed by atoms with van der Waals surface area (Å²) < 4.78 is 26.8. The van der Waals surface area contributed by atoms with Crippen molar-refractivity contribution in [3.63, 3.8) is 0 Å². The van der Waals surface area contributed by atoms with Crippen molar-refractivity contribution in [2.75, 3.05) is 10.6 Å². The normalized spacial score (nSPS) is 17.9. The molecule has 1 aliphatic rings. The van der Waals surface area contributed by atoms with E-state index in [1.54, 1.807) is 18.2 Å². The number of halogens is 7. The number of benzene rings is 3. The Kier molecular flexibility index (Phi) is 7.56. The molecule has 0 heterocycles. The third-order valence-electron chi connectivity index (χ3n) is 5.64. The van der Waals surface area contributed by atoms with Crippen LogP contribution < -0.4 is 10.6 Å². The molecule has 2 atom stereocenters. The summed E-state index contributed by atoms with van der Waals surface area (Å²) in [6.45, 7) is 3.36. The molecule has 3 aromatic carbocycles. The van der Waals surface area contributed by atoms with Crippen LogP contribution in [0.3, 0.4) is 0 Å². The van der Waals surface area contributed by atoms with Crippen LogP contribution in [0.15, 0.2) is 55.1 Å². The lowest BCUT2D eigenvalue weighted by atomic mass is 10.1. The molecule has 186 valence electrons. The first-order valence-corrected chi connectivity index (χ1v) is 12.2. The predicted molar refractivity (Wildman–Crippen MR) is 142 cm³/mol. The smallest absolute Gasteiger partial charge is 0.257 e. The maximum Gasteiger partial charge on any atom is 0.257 e. The van der Waals surface area contributed by atoms with Crippen LogP contribution in [-0.4, -0.2) is 16.1 Å². The Morgan fingerprint density at radius 1 is 0.944 bits per heavy atom. The standard InChI is InChI=1S/C25H15Cl5F2N2O2/c1-2-15-18(31)5-6-19(22(15)32)34-23(35)16-10-14(3-4-17(16)28)33-24(36)21-20(25(21,29)30)11-7-12(26)9-13(27)8-11/h2-10,20-21H,1H2,(H,33,36)(H,34,35)/t20-,21+/m0/s1. The van der Waals surface area contributed by atoms with Crippen molar-refractivity contribution in [3.8, 4) is 0 Å². The van der Waals surface area contributed by atoms with Crippen molar-refractivity contribution < 1.29 is 18.4 Å². The summed E-state index contributed by atoms with van der Waals surface area (Å²) in [5.74, 6) is -4.48. The zero-order valence-corrected chi connectivity index (χ0v) is 21.8. The van der Waals surface area contributed by atoms with Gasteiger partial charge < -0.3 is 10.6 Å². The van der Waals surface area contributed by atoms with E-state index < -0.39 is 39.6 Å². The predicted octanol–water partition coefficient (Wildman–Crippen LogP) is 8.35. The fourth-order valence-corrected chi connectivity index (χ4v) is 5.44. The molecule has 2 N–H and O–H groups in total. The molecule has 4 nitrogen and oxygen atoms in total. The molecular formula is C25H15Cl5F2N2O2. The Balaban J connectivity index is 1.53. The largest absolute Gasteiger partial charge is 0.326 e. The summed E-state index contributed by atoms with van der Waals surface area (Å²) in [5, 5.41) is 5.80. The molecule has 1 aliphatic carbocycles. The van der Waals surface area contributed by atoms with Crippen molar-refractivity contribution in [1.29, 1.82) is 0 Å². The van der Waals surface area contributed by atoms with E-state index in [1.165, 1.54) is 18.2 Å². The van der Waals surface area contributed by atoms with Crippen LogP contribution in [0, 0.1) is 17.6 Å². The van der Waals surface area contributed by atoms with E-state index in [2.05, 4.69) is 17.2 Å². The topological polar surface area (TPSA) is 58.2 Å². The van der Waals surface area contributed by atoms with Gasteiger partial charge in [-0.2, -0.15) is 0 Å². The summed E-state index contributed by atoms with van der Waals surface area (Å²) in [4.78, 5) is 25.8. The van der Waals surface area contributed by atoms with E-state index in [0.29, 0.717) is 15.6 Å². The Bertz CT molecular complexity index is 1390. The van der Waals surface area contributed by atoms with Crippen LogP contribution in [0.4, 0.5) is 20.2 Å². The average Bonchev–Trinajstić information content (AvgIpc) is 3.38. The maximum atomic E-state index is 14.5. The van der Waals surface area contributed by atoms with Crippen LogP contribution in [0.25, 0.3) is 6.08 Å². The molecule has 36 heavy (non-hydrogen) atoms. The van der Waals surface area contributed by atoms with Crippen molar-refractivity contribution >= 4 is 87.3 Å². The molecule has 0 bridgehead atoms. The minimum Gasteiger partial charge on any atom is -0.326 e. The van der Waals surface area contributed by atoms with E-state index in [-0.39, 0.29) is 27.5 Å². The number of anilines is 2. The molecule has 0 aromatic heterocycles. The molecule has 3 aromatic rings. The fraction of sp³-hybridized carbons (Fsp3) is 0.120. The number of hydrogen-bond donors (Lipinski definition) is 2. The molecule has 4 rings (SSSR count). The van der Waals surface area contributed by atoms with Crippen LogP contribution in [0.1, 0.15) is 27.4 Å². The van der Waals surface area contributed by atoms with Gasteiger partial charge in [-0.05, 0) is 54.1 Å². The van der Waals surface area contributed by atoms with Crippen LogP contribution in [0.5, 0.6) is 0 Å². The molecule has 0 radical (unpaired) electrons. The average molecular weight is 591 g/mol. The number of hydrogen-bond acceptors (Lipinski definition) is 2. The third kappa shape index (κ3) is 5.20. The second kappa shape index (κ2) is 10.2. The minimum atomic E-state index is -1.40. The van der Waals surface area contributed by atoms with Crippen molar-refractivity contribution in [2.45, 2.75) is 10.3 Å². The van der Waals surface area contributed by atoms with Crippen LogP contribution in [0.2, 0.25) is 15.1 Å². The fourth-order valence-electron chi connectivity index (χ4n) is 3.86. The first kappa shape index (κ1) is 26.7. The molecular weight excluding hydrogens is 576 g/mol. The highest BCUT2D eigenvalue weighted by Crippen LogP contribution is 2.65. The van der Waals surface area contributed by atoms with Gasteiger partial charge in [0.05, 0.1) is 22.2 Å². The quantitative estimate of drug-likeness (QED) is 0.284. The zero-order chi connectivity index (χ0) is 26.4. The monoisotopic (exact) mass is 588 g/mol. The number of amides is 2. The molecule has 1 saturated carbocycles. The van der Waals surface area contributed by atoms with Crippen molar-refractivity contribution in [1.82, 2.24) is 0 Å². The molecule has 1 fully saturated rings. The number of alkyl halides is 2. The molecule has 0 saturated heterocycles. The number of carbonyl (C=O) groups excluding carboxylic acids is 2. The van der Waals surface area contributed by atoms with Crippen molar-refractivity contribution in [3.05, 3.63) is 98.5 Å². The lowest BCUT2D eigenvalue weighted by Gasteiger charge is -2.12. The van der Waals surface area contributed by atoms with Gasteiger partial charge in [-0.25, -0.2) is 8.78 Å². The summed E-state index contributed by atoms with van der Waals surface area (Å²) in [5.41, 5.74) is 0.117. The lowest BCUT2D eigenvalue weighted by molar-refractivity contribution is -0.117. The zero-order valence-electron chi connectivity index (χ0n) is 18.0. The van der Waals surface area contributed by atoms with Crippen molar-refractivity contribution in [2.24, 2.45) is 5.92 Å². The van der Waals surface area contributed by atoms with Gasteiger partial charge in [-0.15, -0.1) is 23.2 Å². The molecule has 11 heteroatoms. The summed E-state index contributed by atoms with van der Waals surface area (Å²) in [6.07, 6.45) is 1.000. The van der Waals surface area contributed by atoms with E-state index >= 15 is 0 Å². The second-order valence-electron chi connectivity index (χ2n) is 8.00. The van der Waals surface area contributed by atoms with E-state index in [4.69, 9.17) is 58.0 Å². The lowest BCUT2D eigenvalue weighted by Crippen LogP contribution is -2.18. The first-order valence-electron chi connectivity index (χ1n) is 10.3. The van der Waals surface area contributed by atoms with Gasteiger partial charge in [0.15, 0.2) is 5.82 Å². The van der Waals surface area contributed by atoms with Gasteiger partial charge in [0.2, 0.25) is 5.91 Å². The highest BCUT2D eigenvalue weighted by Gasteiger charge is 2.67. The Morgan fingerprint density at radius 3 is 2.25 bits per heavy atom.